The van der Waals surface area contributed by atoms with E-state index in [2.05, 4.69) is 19.2 Å². The maximum Gasteiger partial charge on any atom is 0.244 e. The second kappa shape index (κ2) is 4.83. The van der Waals surface area contributed by atoms with E-state index in [0.717, 1.165) is 23.8 Å². The summed E-state index contributed by atoms with van der Waals surface area (Å²) >= 11 is 0. The number of hydrogen-bond donors (Lipinski definition) is 2. The molecule has 3 saturated carbocycles. The zero-order valence-electron chi connectivity index (χ0n) is 13.9. The van der Waals surface area contributed by atoms with Gasteiger partial charge in [-0.15, -0.1) is 0 Å². The first-order valence-corrected chi connectivity index (χ1v) is 9.11. The van der Waals surface area contributed by atoms with Crippen molar-refractivity contribution in [1.29, 1.82) is 0 Å². The lowest BCUT2D eigenvalue weighted by Gasteiger charge is -2.59. The summed E-state index contributed by atoms with van der Waals surface area (Å²) in [6, 6.07) is 0.221. The highest BCUT2D eigenvalue weighted by atomic mass is 16.3. The summed E-state index contributed by atoms with van der Waals surface area (Å²) in [5.41, 5.74) is 1.51. The fraction of sp³-hybridized carbons (Fsp3) is 0.842. The molecular weight excluding hydrogens is 274 g/mol. The highest BCUT2D eigenvalue weighted by Gasteiger charge is 2.58. The SMILES string of the molecule is C[C@@]12CCC[C@H]1[C@@H]1CC[C@H]3NC(=O)C=C(CO)[C@]3(C)[C@H]1CC2. The lowest BCUT2D eigenvalue weighted by molar-refractivity contribution is -0.123. The number of nitrogens with one attached hydrogen (secondary N) is 1. The molecule has 4 aliphatic rings. The monoisotopic (exact) mass is 303 g/mol. The Morgan fingerprint density at radius 3 is 2.77 bits per heavy atom. The van der Waals surface area contributed by atoms with E-state index in [1.54, 1.807) is 6.08 Å². The van der Waals surface area contributed by atoms with E-state index in [1.165, 1.54) is 38.5 Å². The molecular formula is C19H29NO2. The van der Waals surface area contributed by atoms with Gasteiger partial charge in [0.1, 0.15) is 0 Å². The second-order valence-corrected chi connectivity index (χ2v) is 8.71. The molecule has 0 bridgehead atoms. The highest BCUT2D eigenvalue weighted by molar-refractivity contribution is 5.90. The number of amides is 1. The summed E-state index contributed by atoms with van der Waals surface area (Å²) < 4.78 is 0. The van der Waals surface area contributed by atoms with Crippen LogP contribution in [0.25, 0.3) is 0 Å². The zero-order valence-corrected chi connectivity index (χ0v) is 13.9. The number of carbonyl (C=O) groups excluding carboxylic acids is 1. The van der Waals surface area contributed by atoms with Gasteiger partial charge in [-0.25, -0.2) is 0 Å². The average molecular weight is 303 g/mol. The largest absolute Gasteiger partial charge is 0.392 e. The van der Waals surface area contributed by atoms with Crippen LogP contribution in [0.2, 0.25) is 0 Å². The normalized spacial score (nSPS) is 50.5. The van der Waals surface area contributed by atoms with Crippen LogP contribution >= 0.6 is 0 Å². The number of fused-ring (bicyclic) bond motifs is 5. The molecule has 1 amide bonds. The third-order valence-corrected chi connectivity index (χ3v) is 7.99. The van der Waals surface area contributed by atoms with Gasteiger partial charge in [0.05, 0.1) is 6.61 Å². The molecule has 0 aromatic heterocycles. The molecule has 3 nitrogen and oxygen atoms in total. The zero-order chi connectivity index (χ0) is 15.5. The number of rotatable bonds is 1. The predicted molar refractivity (Wildman–Crippen MR) is 86.1 cm³/mol. The van der Waals surface area contributed by atoms with Crippen LogP contribution in [0.4, 0.5) is 0 Å². The van der Waals surface area contributed by atoms with Crippen molar-refractivity contribution in [3.63, 3.8) is 0 Å². The van der Waals surface area contributed by atoms with Crippen molar-refractivity contribution in [3.05, 3.63) is 11.6 Å². The summed E-state index contributed by atoms with van der Waals surface area (Å²) in [4.78, 5) is 11.9. The Morgan fingerprint density at radius 1 is 1.18 bits per heavy atom. The standard InChI is InChI=1S/C19H29NO2/c1-18-8-3-4-14(18)13-5-6-16-19(2,15(13)7-9-18)12(11-21)10-17(22)20-16/h10,13-16,21H,3-9,11H2,1-2H3,(H,20,22)/t13-,14-,15-,16+,18-,19+/m0/s1. The lowest BCUT2D eigenvalue weighted by atomic mass is 9.47. The first-order valence-electron chi connectivity index (χ1n) is 9.11. The molecule has 3 aliphatic carbocycles. The summed E-state index contributed by atoms with van der Waals surface area (Å²) in [6.45, 7) is 4.86. The van der Waals surface area contributed by atoms with Gasteiger partial charge in [-0.1, -0.05) is 20.3 Å². The fourth-order valence-electron chi connectivity index (χ4n) is 6.77. The van der Waals surface area contributed by atoms with Crippen LogP contribution in [0.3, 0.4) is 0 Å². The molecule has 4 rings (SSSR count). The maximum atomic E-state index is 11.9. The molecule has 3 heteroatoms. The topological polar surface area (TPSA) is 49.3 Å². The average Bonchev–Trinajstić information content (AvgIpc) is 2.89. The number of carbonyl (C=O) groups is 1. The minimum atomic E-state index is -0.0322. The van der Waals surface area contributed by atoms with Gasteiger partial charge in [0.25, 0.3) is 0 Å². The van der Waals surface area contributed by atoms with Crippen molar-refractivity contribution < 1.29 is 9.90 Å². The molecule has 0 saturated heterocycles. The van der Waals surface area contributed by atoms with Crippen LogP contribution < -0.4 is 5.32 Å². The van der Waals surface area contributed by atoms with Gasteiger partial charge >= 0.3 is 0 Å². The van der Waals surface area contributed by atoms with Crippen molar-refractivity contribution in [1.82, 2.24) is 5.32 Å². The first-order chi connectivity index (χ1) is 10.5. The van der Waals surface area contributed by atoms with Gasteiger partial charge < -0.3 is 10.4 Å². The molecule has 1 aliphatic heterocycles. The highest BCUT2D eigenvalue weighted by Crippen LogP contribution is 2.64. The molecule has 2 N–H and O–H groups in total. The van der Waals surface area contributed by atoms with Crippen molar-refractivity contribution in [2.75, 3.05) is 6.61 Å². The molecule has 6 atom stereocenters. The molecule has 0 aromatic carbocycles. The molecule has 0 radical (unpaired) electrons. The van der Waals surface area contributed by atoms with E-state index >= 15 is 0 Å². The van der Waals surface area contributed by atoms with Crippen LogP contribution in [-0.2, 0) is 4.79 Å². The summed E-state index contributed by atoms with van der Waals surface area (Å²) in [5.74, 6) is 2.27. The lowest BCUT2D eigenvalue weighted by Crippen LogP contribution is -2.61. The van der Waals surface area contributed by atoms with E-state index in [0.29, 0.717) is 11.3 Å². The molecule has 0 unspecified atom stereocenters. The molecule has 3 fully saturated rings. The van der Waals surface area contributed by atoms with Gasteiger partial charge in [-0.3, -0.25) is 4.79 Å². The van der Waals surface area contributed by atoms with Gasteiger partial charge in [-0.2, -0.15) is 0 Å². The van der Waals surface area contributed by atoms with Gasteiger partial charge in [0, 0.05) is 17.5 Å². The van der Waals surface area contributed by atoms with Crippen LogP contribution in [0.1, 0.15) is 58.8 Å². The Hall–Kier alpha value is -0.830. The number of aliphatic hydroxyl groups is 1. The van der Waals surface area contributed by atoms with Crippen LogP contribution in [0.15, 0.2) is 11.6 Å². The van der Waals surface area contributed by atoms with E-state index in [9.17, 15) is 9.90 Å². The minimum absolute atomic E-state index is 0.00788. The first kappa shape index (κ1) is 14.7. The predicted octanol–water partition coefficient (Wildman–Crippen LogP) is 3.04. The van der Waals surface area contributed by atoms with Crippen LogP contribution in [-0.4, -0.2) is 23.7 Å². The Labute approximate surface area is 133 Å². The molecule has 22 heavy (non-hydrogen) atoms. The number of hydrogen-bond acceptors (Lipinski definition) is 2. The molecule has 0 spiro atoms. The summed E-state index contributed by atoms with van der Waals surface area (Å²) in [6.07, 6.45) is 10.8. The van der Waals surface area contributed by atoms with Crippen molar-refractivity contribution in [2.24, 2.45) is 28.6 Å². The molecule has 0 aromatic rings. The Kier molecular flexibility index (Phi) is 3.24. The van der Waals surface area contributed by atoms with Crippen molar-refractivity contribution in [3.8, 4) is 0 Å². The Bertz CT molecular complexity index is 528. The Morgan fingerprint density at radius 2 is 2.00 bits per heavy atom. The van der Waals surface area contributed by atoms with Crippen LogP contribution in [0, 0.1) is 28.6 Å². The molecule has 122 valence electrons. The van der Waals surface area contributed by atoms with Crippen LogP contribution in [0.5, 0.6) is 0 Å². The fourth-order valence-corrected chi connectivity index (χ4v) is 6.77. The van der Waals surface area contributed by atoms with E-state index in [1.807, 2.05) is 0 Å². The third kappa shape index (κ3) is 1.81. The quantitative estimate of drug-likeness (QED) is 0.782. The van der Waals surface area contributed by atoms with E-state index in [4.69, 9.17) is 0 Å². The number of aliphatic hydroxyl groups excluding tert-OH is 1. The minimum Gasteiger partial charge on any atom is -0.392 e. The van der Waals surface area contributed by atoms with Gasteiger partial charge in [0.15, 0.2) is 0 Å². The van der Waals surface area contributed by atoms with Gasteiger partial charge in [-0.05, 0) is 67.3 Å². The molecule has 1 heterocycles. The van der Waals surface area contributed by atoms with Crippen molar-refractivity contribution in [2.45, 2.75) is 64.8 Å². The van der Waals surface area contributed by atoms with E-state index < -0.39 is 0 Å². The second-order valence-electron chi connectivity index (χ2n) is 8.71. The van der Waals surface area contributed by atoms with E-state index in [-0.39, 0.29) is 24.0 Å². The van der Waals surface area contributed by atoms with Gasteiger partial charge in [0.2, 0.25) is 5.91 Å². The maximum absolute atomic E-state index is 11.9. The third-order valence-electron chi connectivity index (χ3n) is 7.99. The summed E-state index contributed by atoms with van der Waals surface area (Å²) in [5, 5.41) is 13.1. The van der Waals surface area contributed by atoms with Crippen molar-refractivity contribution >= 4 is 5.91 Å². The smallest absolute Gasteiger partial charge is 0.244 e. The Balaban J connectivity index is 1.73. The summed E-state index contributed by atoms with van der Waals surface area (Å²) in [7, 11) is 0.